The van der Waals surface area contributed by atoms with Crippen LogP contribution in [0.4, 0.5) is 4.79 Å². The Morgan fingerprint density at radius 1 is 1.00 bits per heavy atom. The maximum atomic E-state index is 13.2. The second kappa shape index (κ2) is 8.16. The fourth-order valence-electron chi connectivity index (χ4n) is 3.85. The normalized spacial score (nSPS) is 27.9. The molecule has 3 atom stereocenters. The summed E-state index contributed by atoms with van der Waals surface area (Å²) >= 11 is 0. The highest BCUT2D eigenvalue weighted by Crippen LogP contribution is 2.21. The van der Waals surface area contributed by atoms with Crippen molar-refractivity contribution in [3.05, 3.63) is 0 Å². The zero-order valence-electron chi connectivity index (χ0n) is 15.4. The number of ether oxygens (including phenoxy) is 1. The highest BCUT2D eigenvalue weighted by molar-refractivity contribution is 5.82. The highest BCUT2D eigenvalue weighted by Gasteiger charge is 2.36. The number of rotatable bonds is 3. The van der Waals surface area contributed by atoms with Crippen molar-refractivity contribution in [2.24, 2.45) is 11.7 Å². The van der Waals surface area contributed by atoms with Crippen LogP contribution in [0.25, 0.3) is 0 Å². The SMILES string of the molecule is CC(C)[C@@H](C(=O)N1CCCN(C(N)=O)CC1)N1C[C@@H](C)O[C@H](C)C1. The first-order valence-electron chi connectivity index (χ1n) is 9.02. The number of hydrogen-bond donors (Lipinski definition) is 1. The van der Waals surface area contributed by atoms with Gasteiger partial charge in [0.05, 0.1) is 18.2 Å². The van der Waals surface area contributed by atoms with Crippen LogP contribution in [0.3, 0.4) is 0 Å². The molecule has 2 rings (SSSR count). The second-order valence-corrected chi connectivity index (χ2v) is 7.40. The van der Waals surface area contributed by atoms with Crippen molar-refractivity contribution in [2.45, 2.75) is 52.4 Å². The molecule has 0 unspecified atom stereocenters. The Bertz CT molecular complexity index is 447. The molecule has 0 radical (unpaired) electrons. The molecular weight excluding hydrogens is 308 g/mol. The molecule has 138 valence electrons. The van der Waals surface area contributed by atoms with Gasteiger partial charge in [-0.15, -0.1) is 0 Å². The Hall–Kier alpha value is -1.34. The van der Waals surface area contributed by atoms with E-state index < -0.39 is 6.03 Å². The van der Waals surface area contributed by atoms with Crippen molar-refractivity contribution in [1.29, 1.82) is 0 Å². The first kappa shape index (κ1) is 19.0. The third-order valence-electron chi connectivity index (χ3n) is 4.84. The van der Waals surface area contributed by atoms with Gasteiger partial charge in [0.2, 0.25) is 5.91 Å². The summed E-state index contributed by atoms with van der Waals surface area (Å²) in [5, 5.41) is 0. The van der Waals surface area contributed by atoms with Crippen LogP contribution >= 0.6 is 0 Å². The Balaban J connectivity index is 2.07. The molecule has 2 aliphatic rings. The van der Waals surface area contributed by atoms with Crippen molar-refractivity contribution in [2.75, 3.05) is 39.3 Å². The lowest BCUT2D eigenvalue weighted by Gasteiger charge is -2.42. The number of nitrogens with two attached hydrogens (primary N) is 1. The lowest BCUT2D eigenvalue weighted by Crippen LogP contribution is -2.58. The minimum absolute atomic E-state index is 0.136. The van der Waals surface area contributed by atoms with Crippen LogP contribution in [0.2, 0.25) is 0 Å². The molecule has 2 aliphatic heterocycles. The summed E-state index contributed by atoms with van der Waals surface area (Å²) in [6, 6.07) is -0.542. The van der Waals surface area contributed by atoms with Crippen molar-refractivity contribution < 1.29 is 14.3 Å². The van der Waals surface area contributed by atoms with E-state index in [9.17, 15) is 9.59 Å². The maximum Gasteiger partial charge on any atom is 0.314 e. The van der Waals surface area contributed by atoms with E-state index in [1.165, 1.54) is 0 Å². The molecule has 7 heteroatoms. The third kappa shape index (κ3) is 4.60. The van der Waals surface area contributed by atoms with Crippen LogP contribution in [0, 0.1) is 5.92 Å². The van der Waals surface area contributed by atoms with Gasteiger partial charge in [-0.3, -0.25) is 9.69 Å². The van der Waals surface area contributed by atoms with E-state index in [2.05, 4.69) is 32.6 Å². The number of carbonyl (C=O) groups is 2. The summed E-state index contributed by atoms with van der Waals surface area (Å²) in [7, 11) is 0. The summed E-state index contributed by atoms with van der Waals surface area (Å²) in [6.07, 6.45) is 1.05. The van der Waals surface area contributed by atoms with E-state index in [1.54, 1.807) is 4.90 Å². The topological polar surface area (TPSA) is 79.1 Å². The van der Waals surface area contributed by atoms with E-state index in [0.29, 0.717) is 26.2 Å². The molecule has 0 aromatic heterocycles. The van der Waals surface area contributed by atoms with Crippen LogP contribution in [0.15, 0.2) is 0 Å². The third-order valence-corrected chi connectivity index (χ3v) is 4.84. The predicted octanol–water partition coefficient (Wildman–Crippen LogP) is 0.733. The standard InChI is InChI=1S/C17H32N4O3/c1-12(2)15(21-10-13(3)24-14(4)11-21)16(22)19-6-5-7-20(9-8-19)17(18)23/h12-15H,5-11H2,1-4H3,(H2,18,23)/t13-,14-,15+/m1/s1. The predicted molar refractivity (Wildman–Crippen MR) is 92.6 cm³/mol. The quantitative estimate of drug-likeness (QED) is 0.822. The average Bonchev–Trinajstić information content (AvgIpc) is 2.71. The molecule has 0 bridgehead atoms. The minimum atomic E-state index is -0.402. The van der Waals surface area contributed by atoms with Gasteiger partial charge in [-0.05, 0) is 26.2 Å². The van der Waals surface area contributed by atoms with Gasteiger partial charge in [-0.1, -0.05) is 13.8 Å². The number of morpholine rings is 1. The van der Waals surface area contributed by atoms with Gasteiger partial charge in [0.1, 0.15) is 0 Å². The van der Waals surface area contributed by atoms with Crippen molar-refractivity contribution in [1.82, 2.24) is 14.7 Å². The first-order chi connectivity index (χ1) is 11.3. The van der Waals surface area contributed by atoms with Gasteiger partial charge in [0.25, 0.3) is 0 Å². The molecule has 2 N–H and O–H groups in total. The van der Waals surface area contributed by atoms with Gasteiger partial charge in [0, 0.05) is 39.3 Å². The number of primary amides is 1. The lowest BCUT2D eigenvalue weighted by molar-refractivity contribution is -0.145. The Labute approximate surface area is 145 Å². The zero-order valence-corrected chi connectivity index (χ0v) is 15.4. The van der Waals surface area contributed by atoms with Gasteiger partial charge < -0.3 is 20.3 Å². The highest BCUT2D eigenvalue weighted by atomic mass is 16.5. The number of carbonyl (C=O) groups excluding carboxylic acids is 2. The van der Waals surface area contributed by atoms with Crippen LogP contribution in [0.5, 0.6) is 0 Å². The summed E-state index contributed by atoms with van der Waals surface area (Å²) in [5.41, 5.74) is 5.38. The number of urea groups is 1. The molecule has 7 nitrogen and oxygen atoms in total. The molecule has 0 aliphatic carbocycles. The molecule has 2 fully saturated rings. The van der Waals surface area contributed by atoms with Crippen molar-refractivity contribution in [3.63, 3.8) is 0 Å². The number of hydrogen-bond acceptors (Lipinski definition) is 4. The summed E-state index contributed by atoms with van der Waals surface area (Å²) in [4.78, 5) is 30.3. The molecule has 24 heavy (non-hydrogen) atoms. The first-order valence-corrected chi connectivity index (χ1v) is 9.02. The minimum Gasteiger partial charge on any atom is -0.373 e. The Morgan fingerprint density at radius 3 is 2.08 bits per heavy atom. The van der Waals surface area contributed by atoms with Gasteiger partial charge in [-0.2, -0.15) is 0 Å². The summed E-state index contributed by atoms with van der Waals surface area (Å²) in [6.45, 7) is 12.2. The lowest BCUT2D eigenvalue weighted by atomic mass is 9.99. The van der Waals surface area contributed by atoms with E-state index in [-0.39, 0.29) is 30.1 Å². The van der Waals surface area contributed by atoms with E-state index >= 15 is 0 Å². The average molecular weight is 340 g/mol. The Kier molecular flexibility index (Phi) is 6.46. The monoisotopic (exact) mass is 340 g/mol. The molecule has 3 amide bonds. The molecular formula is C17H32N4O3. The van der Waals surface area contributed by atoms with Crippen molar-refractivity contribution >= 4 is 11.9 Å². The van der Waals surface area contributed by atoms with Crippen LogP contribution in [-0.4, -0.2) is 84.2 Å². The maximum absolute atomic E-state index is 13.2. The molecule has 0 spiro atoms. The summed E-state index contributed by atoms with van der Waals surface area (Å²) < 4.78 is 5.81. The largest absolute Gasteiger partial charge is 0.373 e. The zero-order chi connectivity index (χ0) is 17.9. The van der Waals surface area contributed by atoms with Gasteiger partial charge in [0.15, 0.2) is 0 Å². The van der Waals surface area contributed by atoms with Crippen LogP contribution < -0.4 is 5.73 Å². The van der Waals surface area contributed by atoms with Crippen molar-refractivity contribution in [3.8, 4) is 0 Å². The fraction of sp³-hybridized carbons (Fsp3) is 0.882. The number of amides is 3. The fourth-order valence-corrected chi connectivity index (χ4v) is 3.85. The van der Waals surface area contributed by atoms with Gasteiger partial charge in [-0.25, -0.2) is 4.79 Å². The molecule has 0 aromatic carbocycles. The Morgan fingerprint density at radius 2 is 1.54 bits per heavy atom. The van der Waals surface area contributed by atoms with Crippen LogP contribution in [0.1, 0.15) is 34.1 Å². The van der Waals surface area contributed by atoms with Crippen LogP contribution in [-0.2, 0) is 9.53 Å². The summed E-state index contributed by atoms with van der Waals surface area (Å²) in [5.74, 6) is 0.392. The van der Waals surface area contributed by atoms with Gasteiger partial charge >= 0.3 is 6.03 Å². The van der Waals surface area contributed by atoms with E-state index in [1.807, 2.05) is 4.90 Å². The number of nitrogens with zero attached hydrogens (tertiary/aromatic N) is 3. The smallest absolute Gasteiger partial charge is 0.314 e. The molecule has 2 heterocycles. The molecule has 0 aromatic rings. The molecule has 2 saturated heterocycles. The van der Waals surface area contributed by atoms with E-state index in [4.69, 9.17) is 10.5 Å². The van der Waals surface area contributed by atoms with E-state index in [0.717, 1.165) is 19.5 Å². The second-order valence-electron chi connectivity index (χ2n) is 7.40. The molecule has 0 saturated carbocycles.